The van der Waals surface area contributed by atoms with Crippen LogP contribution in [0.15, 0.2) is 34.9 Å². The van der Waals surface area contributed by atoms with Crippen LogP contribution in [-0.4, -0.2) is 23.3 Å². The maximum absolute atomic E-state index is 11.1. The molecule has 0 fully saturated rings. The fourth-order valence-corrected chi connectivity index (χ4v) is 1.24. The number of nitrogens with zero attached hydrogens (tertiary/aromatic N) is 1. The van der Waals surface area contributed by atoms with Crippen molar-refractivity contribution in [2.45, 2.75) is 0 Å². The molecule has 0 bridgehead atoms. The van der Waals surface area contributed by atoms with Gasteiger partial charge in [-0.3, -0.25) is 0 Å². The van der Waals surface area contributed by atoms with Gasteiger partial charge in [-0.1, -0.05) is 5.16 Å². The third-order valence-electron chi connectivity index (χ3n) is 2.06. The van der Waals surface area contributed by atoms with Gasteiger partial charge in [-0.25, -0.2) is 4.79 Å². The summed E-state index contributed by atoms with van der Waals surface area (Å²) in [5.74, 6) is 0.0608. The predicted molar refractivity (Wildman–Crippen MR) is 54.9 cm³/mol. The number of carbonyl (C=O) groups excluding carboxylic acids is 1. The Labute approximate surface area is 91.3 Å². The van der Waals surface area contributed by atoms with Crippen LogP contribution in [0.1, 0.15) is 10.5 Å². The number of carbonyl (C=O) groups is 1. The van der Waals surface area contributed by atoms with Crippen molar-refractivity contribution >= 4 is 5.97 Å². The van der Waals surface area contributed by atoms with E-state index < -0.39 is 5.97 Å². The first-order chi connectivity index (χ1) is 7.70. The standard InChI is InChI=1S/C11H9NO4/c1-15-11(14)9-6-10(16-12-9)7-2-4-8(13)5-3-7/h2-6,13H,1H3. The van der Waals surface area contributed by atoms with E-state index in [-0.39, 0.29) is 11.4 Å². The molecule has 0 saturated heterocycles. The average Bonchev–Trinajstić information content (AvgIpc) is 2.78. The number of aromatic nitrogens is 1. The highest BCUT2D eigenvalue weighted by Crippen LogP contribution is 2.22. The van der Waals surface area contributed by atoms with E-state index in [2.05, 4.69) is 9.89 Å². The average molecular weight is 219 g/mol. The minimum absolute atomic E-state index is 0.116. The molecule has 0 amide bonds. The molecule has 2 aromatic rings. The first-order valence-electron chi connectivity index (χ1n) is 4.55. The zero-order valence-electron chi connectivity index (χ0n) is 8.51. The van der Waals surface area contributed by atoms with Crippen LogP contribution >= 0.6 is 0 Å². The zero-order valence-corrected chi connectivity index (χ0v) is 8.51. The van der Waals surface area contributed by atoms with Crippen molar-refractivity contribution in [1.29, 1.82) is 0 Å². The first kappa shape index (κ1) is 10.2. The van der Waals surface area contributed by atoms with E-state index >= 15 is 0 Å². The topological polar surface area (TPSA) is 72.6 Å². The molecule has 5 nitrogen and oxygen atoms in total. The molecule has 0 spiro atoms. The van der Waals surface area contributed by atoms with E-state index in [1.165, 1.54) is 25.3 Å². The highest BCUT2D eigenvalue weighted by molar-refractivity contribution is 5.88. The maximum Gasteiger partial charge on any atom is 0.360 e. The third kappa shape index (κ3) is 1.88. The number of hydrogen-bond acceptors (Lipinski definition) is 5. The molecular weight excluding hydrogens is 210 g/mol. The quantitative estimate of drug-likeness (QED) is 0.780. The Morgan fingerprint density at radius 1 is 1.38 bits per heavy atom. The molecule has 0 radical (unpaired) electrons. The number of phenols is 1. The van der Waals surface area contributed by atoms with Crippen LogP contribution in [0.3, 0.4) is 0 Å². The van der Waals surface area contributed by atoms with E-state index in [0.29, 0.717) is 5.76 Å². The Kier molecular flexibility index (Phi) is 2.59. The second-order valence-electron chi connectivity index (χ2n) is 3.11. The molecule has 0 unspecified atom stereocenters. The zero-order chi connectivity index (χ0) is 11.5. The fraction of sp³-hybridized carbons (Fsp3) is 0.0909. The van der Waals surface area contributed by atoms with E-state index in [4.69, 9.17) is 9.63 Å². The summed E-state index contributed by atoms with van der Waals surface area (Å²) in [6.45, 7) is 0. The largest absolute Gasteiger partial charge is 0.508 e. The van der Waals surface area contributed by atoms with Crippen LogP contribution in [0, 0.1) is 0 Å². The molecule has 2 rings (SSSR count). The van der Waals surface area contributed by atoms with Gasteiger partial charge in [0.1, 0.15) is 5.75 Å². The second-order valence-corrected chi connectivity index (χ2v) is 3.11. The van der Waals surface area contributed by atoms with Crippen molar-refractivity contribution in [3.8, 4) is 17.1 Å². The number of hydrogen-bond donors (Lipinski definition) is 1. The molecule has 5 heteroatoms. The van der Waals surface area contributed by atoms with Gasteiger partial charge >= 0.3 is 5.97 Å². The van der Waals surface area contributed by atoms with Gasteiger partial charge in [0.05, 0.1) is 7.11 Å². The van der Waals surface area contributed by atoms with Gasteiger partial charge in [0.25, 0.3) is 0 Å². The van der Waals surface area contributed by atoms with Gasteiger partial charge in [-0.05, 0) is 24.3 Å². The number of esters is 1. The fourth-order valence-electron chi connectivity index (χ4n) is 1.24. The van der Waals surface area contributed by atoms with Crippen LogP contribution in [-0.2, 0) is 4.74 Å². The highest BCUT2D eigenvalue weighted by Gasteiger charge is 2.13. The summed E-state index contributed by atoms with van der Waals surface area (Å²) in [4.78, 5) is 11.1. The Bertz CT molecular complexity index is 501. The van der Waals surface area contributed by atoms with Crippen LogP contribution in [0.2, 0.25) is 0 Å². The number of rotatable bonds is 2. The molecule has 0 saturated carbocycles. The van der Waals surface area contributed by atoms with Crippen molar-refractivity contribution in [2.24, 2.45) is 0 Å². The lowest BCUT2D eigenvalue weighted by Crippen LogP contribution is -2.00. The monoisotopic (exact) mass is 219 g/mol. The molecule has 82 valence electrons. The SMILES string of the molecule is COC(=O)c1cc(-c2ccc(O)cc2)on1. The first-order valence-corrected chi connectivity index (χ1v) is 4.55. The molecule has 1 aromatic carbocycles. The summed E-state index contributed by atoms with van der Waals surface area (Å²) < 4.78 is 9.48. The third-order valence-corrected chi connectivity index (χ3v) is 2.06. The number of benzene rings is 1. The van der Waals surface area contributed by atoms with Gasteiger partial charge in [0.2, 0.25) is 0 Å². The van der Waals surface area contributed by atoms with E-state index in [0.717, 1.165) is 5.56 Å². The van der Waals surface area contributed by atoms with E-state index in [1.54, 1.807) is 12.1 Å². The van der Waals surface area contributed by atoms with Crippen molar-refractivity contribution in [3.63, 3.8) is 0 Å². The van der Waals surface area contributed by atoms with E-state index in [1.807, 2.05) is 0 Å². The molecular formula is C11H9NO4. The summed E-state index contributed by atoms with van der Waals surface area (Å²) >= 11 is 0. The highest BCUT2D eigenvalue weighted by atomic mass is 16.5. The Hall–Kier alpha value is -2.30. The van der Waals surface area contributed by atoms with Gasteiger partial charge < -0.3 is 14.4 Å². The lowest BCUT2D eigenvalue weighted by atomic mass is 10.1. The lowest BCUT2D eigenvalue weighted by Gasteiger charge is -1.94. The summed E-state index contributed by atoms with van der Waals surface area (Å²) in [7, 11) is 1.28. The molecule has 16 heavy (non-hydrogen) atoms. The summed E-state index contributed by atoms with van der Waals surface area (Å²) in [5, 5.41) is 12.7. The normalized spacial score (nSPS) is 10.1. The lowest BCUT2D eigenvalue weighted by molar-refractivity contribution is 0.0589. The van der Waals surface area contributed by atoms with Crippen LogP contribution in [0.5, 0.6) is 5.75 Å². The molecule has 0 aliphatic heterocycles. The molecule has 0 atom stereocenters. The number of ether oxygens (including phenoxy) is 1. The molecule has 0 aliphatic carbocycles. The molecule has 1 aromatic heterocycles. The van der Waals surface area contributed by atoms with Crippen LogP contribution < -0.4 is 0 Å². The maximum atomic E-state index is 11.1. The molecule has 1 N–H and O–H groups in total. The van der Waals surface area contributed by atoms with Crippen molar-refractivity contribution < 1.29 is 19.2 Å². The molecule has 0 aliphatic rings. The predicted octanol–water partition coefficient (Wildman–Crippen LogP) is 1.83. The minimum Gasteiger partial charge on any atom is -0.508 e. The van der Waals surface area contributed by atoms with Crippen molar-refractivity contribution in [3.05, 3.63) is 36.0 Å². The number of aromatic hydroxyl groups is 1. The summed E-state index contributed by atoms with van der Waals surface area (Å²) in [5.41, 5.74) is 0.839. The van der Waals surface area contributed by atoms with E-state index in [9.17, 15) is 4.79 Å². The number of phenolic OH excluding ortho intramolecular Hbond substituents is 1. The molecule has 1 heterocycles. The summed E-state index contributed by atoms with van der Waals surface area (Å²) in [6, 6.07) is 7.86. The van der Waals surface area contributed by atoms with Crippen molar-refractivity contribution in [1.82, 2.24) is 5.16 Å². The van der Waals surface area contributed by atoms with Gasteiger partial charge in [0, 0.05) is 11.6 Å². The minimum atomic E-state index is -0.547. The van der Waals surface area contributed by atoms with Gasteiger partial charge in [-0.15, -0.1) is 0 Å². The van der Waals surface area contributed by atoms with Crippen molar-refractivity contribution in [2.75, 3.05) is 7.11 Å². The van der Waals surface area contributed by atoms with Crippen LogP contribution in [0.25, 0.3) is 11.3 Å². The number of methoxy groups -OCH3 is 1. The smallest absolute Gasteiger partial charge is 0.360 e. The van der Waals surface area contributed by atoms with Crippen LogP contribution in [0.4, 0.5) is 0 Å². The van der Waals surface area contributed by atoms with Gasteiger partial charge in [-0.2, -0.15) is 0 Å². The Balaban J connectivity index is 2.31. The van der Waals surface area contributed by atoms with Gasteiger partial charge in [0.15, 0.2) is 11.5 Å². The Morgan fingerprint density at radius 3 is 2.69 bits per heavy atom. The Morgan fingerprint density at radius 2 is 2.06 bits per heavy atom. The summed E-state index contributed by atoms with van der Waals surface area (Å²) in [6.07, 6.45) is 0. The second kappa shape index (κ2) is 4.06.